The summed E-state index contributed by atoms with van der Waals surface area (Å²) in [6.45, 7) is 2.22. The largest absolute Gasteiger partial charge is 0.334 e. The molecule has 0 bridgehead atoms. The first-order valence-corrected chi connectivity index (χ1v) is 1.74. The molecule has 8 heteroatoms. The topological polar surface area (TPSA) is 0 Å². The SMILES string of the molecule is C=C(F)F.F.F.FC(F)=C(F)F. The van der Waals surface area contributed by atoms with E-state index in [-0.39, 0.29) is 9.41 Å². The summed E-state index contributed by atoms with van der Waals surface area (Å²) in [6, 6.07) is 0. The summed E-state index contributed by atoms with van der Waals surface area (Å²) in [7, 11) is 0. The number of halogens is 8. The molecule has 0 saturated carbocycles. The van der Waals surface area contributed by atoms with Crippen molar-refractivity contribution in [2.24, 2.45) is 0 Å². The predicted molar refractivity (Wildman–Crippen MR) is 27.8 cm³/mol. The van der Waals surface area contributed by atoms with E-state index in [9.17, 15) is 26.3 Å². The average Bonchev–Trinajstić information content (AvgIpc) is 1.63. The second kappa shape index (κ2) is 12.6. The monoisotopic (exact) mass is 204 g/mol. The van der Waals surface area contributed by atoms with Gasteiger partial charge < -0.3 is 0 Å². The molecule has 0 aromatic carbocycles. The molecule has 0 aliphatic heterocycles. The van der Waals surface area contributed by atoms with Crippen molar-refractivity contribution < 1.29 is 35.8 Å². The predicted octanol–water partition coefficient (Wildman–Crippen LogP) is 3.69. The Bertz CT molecular complexity index is 116. The van der Waals surface area contributed by atoms with Crippen LogP contribution in [0.5, 0.6) is 0 Å². The molecule has 76 valence electrons. The van der Waals surface area contributed by atoms with E-state index in [0.29, 0.717) is 0 Å². The Hall–Kier alpha value is -1.08. The second-order valence-electron chi connectivity index (χ2n) is 0.860. The lowest BCUT2D eigenvalue weighted by molar-refractivity contribution is 0.308. The molecule has 12 heavy (non-hydrogen) atoms. The third-order valence-corrected chi connectivity index (χ3v) is 0.143. The Kier molecular flexibility index (Phi) is 23.5. The third-order valence-electron chi connectivity index (χ3n) is 0.143. The van der Waals surface area contributed by atoms with Gasteiger partial charge in [-0.3, -0.25) is 9.41 Å². The van der Waals surface area contributed by atoms with Crippen LogP contribution in [0.15, 0.2) is 24.8 Å². The van der Waals surface area contributed by atoms with Gasteiger partial charge in [0.05, 0.1) is 0 Å². The van der Waals surface area contributed by atoms with Crippen molar-refractivity contribution in [3.8, 4) is 0 Å². The maximum Gasteiger partial charge on any atom is 0.334 e. The van der Waals surface area contributed by atoms with Crippen molar-refractivity contribution in [1.82, 2.24) is 0 Å². The van der Waals surface area contributed by atoms with Crippen molar-refractivity contribution in [3.05, 3.63) is 24.8 Å². The van der Waals surface area contributed by atoms with Crippen LogP contribution < -0.4 is 0 Å². The standard InChI is InChI=1S/C2F4.C2H2F2.2FH/c3-1(4)2(5)6;1-2(3)4;;/h;1H2;2*1H. The maximum absolute atomic E-state index is 10.3. The molecule has 0 amide bonds. The Morgan fingerprint density at radius 2 is 0.750 bits per heavy atom. The van der Waals surface area contributed by atoms with Crippen LogP contribution in [-0.2, 0) is 0 Å². The molecule has 0 aliphatic carbocycles. The molecule has 0 aromatic heterocycles. The first kappa shape index (κ1) is 22.4. The van der Waals surface area contributed by atoms with Crippen LogP contribution in [0.1, 0.15) is 0 Å². The van der Waals surface area contributed by atoms with E-state index < -0.39 is 18.2 Å². The van der Waals surface area contributed by atoms with E-state index in [2.05, 4.69) is 6.58 Å². The molecule has 0 atom stereocenters. The van der Waals surface area contributed by atoms with Gasteiger partial charge in [0, 0.05) is 0 Å². The Morgan fingerprint density at radius 1 is 0.667 bits per heavy atom. The van der Waals surface area contributed by atoms with Crippen molar-refractivity contribution in [1.29, 1.82) is 0 Å². The van der Waals surface area contributed by atoms with Crippen LogP contribution in [0.3, 0.4) is 0 Å². The highest BCUT2D eigenvalue weighted by Gasteiger charge is 1.98. The molecule has 0 fully saturated rings. The minimum atomic E-state index is -2.91. The van der Waals surface area contributed by atoms with Gasteiger partial charge in [-0.1, -0.05) is 0 Å². The van der Waals surface area contributed by atoms with E-state index in [0.717, 1.165) is 0 Å². The normalized spacial score (nSPS) is 6.17. The van der Waals surface area contributed by atoms with Gasteiger partial charge in [0.1, 0.15) is 0 Å². The zero-order chi connectivity index (χ0) is 8.73. The Balaban J connectivity index is -0.0000000483. The lowest BCUT2D eigenvalue weighted by Crippen LogP contribution is -1.56. The highest BCUT2D eigenvalue weighted by molar-refractivity contribution is 4.77. The van der Waals surface area contributed by atoms with E-state index >= 15 is 0 Å². The average molecular weight is 204 g/mol. The van der Waals surface area contributed by atoms with Gasteiger partial charge in [0.15, 0.2) is 0 Å². The number of rotatable bonds is 0. The maximum atomic E-state index is 10.3. The third kappa shape index (κ3) is 65.6. The Labute approximate surface area is 61.9 Å². The molecule has 0 rings (SSSR count). The van der Waals surface area contributed by atoms with E-state index in [4.69, 9.17) is 0 Å². The second-order valence-corrected chi connectivity index (χ2v) is 0.860. The summed E-state index contributed by atoms with van der Waals surface area (Å²) in [5.41, 5.74) is 0. The van der Waals surface area contributed by atoms with Crippen molar-refractivity contribution in [2.75, 3.05) is 0 Å². The molecule has 0 nitrogen and oxygen atoms in total. The zero-order valence-electron chi connectivity index (χ0n) is 5.29. The molecule has 0 unspecified atom stereocenters. The van der Waals surface area contributed by atoms with Gasteiger partial charge in [-0.2, -0.15) is 26.3 Å². The van der Waals surface area contributed by atoms with E-state index in [1.807, 2.05) is 0 Å². The molecule has 0 aromatic rings. The van der Waals surface area contributed by atoms with Crippen LogP contribution in [0.4, 0.5) is 35.8 Å². The molecular weight excluding hydrogens is 200 g/mol. The molecule has 0 aliphatic rings. The summed E-state index contributed by atoms with van der Waals surface area (Å²) in [5, 5.41) is 0. The van der Waals surface area contributed by atoms with Gasteiger partial charge in [-0.05, 0) is 6.58 Å². The van der Waals surface area contributed by atoms with Crippen LogP contribution in [0, 0.1) is 0 Å². The summed E-state index contributed by atoms with van der Waals surface area (Å²) in [6.07, 6.45) is -7.65. The molecule has 0 N–H and O–H groups in total. The molecule has 0 spiro atoms. The lowest BCUT2D eigenvalue weighted by atomic mass is 11.1. The number of hydrogen-bond donors (Lipinski definition) is 0. The zero-order valence-corrected chi connectivity index (χ0v) is 5.29. The number of hydrogen-bond acceptors (Lipinski definition) is 0. The molecule has 0 heterocycles. The van der Waals surface area contributed by atoms with Gasteiger partial charge in [-0.25, -0.2) is 0 Å². The van der Waals surface area contributed by atoms with Gasteiger partial charge >= 0.3 is 12.2 Å². The summed E-state index contributed by atoms with van der Waals surface area (Å²) in [5.74, 6) is 0. The quantitative estimate of drug-likeness (QED) is 0.528. The van der Waals surface area contributed by atoms with Crippen LogP contribution in [-0.4, -0.2) is 0 Å². The van der Waals surface area contributed by atoms with Crippen molar-refractivity contribution in [2.45, 2.75) is 0 Å². The minimum Gasteiger partial charge on any atom is -0.269 e. The van der Waals surface area contributed by atoms with Crippen molar-refractivity contribution in [3.63, 3.8) is 0 Å². The molecule has 0 saturated heterocycles. The summed E-state index contributed by atoms with van der Waals surface area (Å²) >= 11 is 0. The van der Waals surface area contributed by atoms with Gasteiger partial charge in [-0.15, -0.1) is 0 Å². The summed E-state index contributed by atoms with van der Waals surface area (Å²) < 4.78 is 61.4. The van der Waals surface area contributed by atoms with Crippen LogP contribution in [0.25, 0.3) is 0 Å². The molecule has 0 radical (unpaired) electrons. The first-order chi connectivity index (χ1) is 4.37. The van der Waals surface area contributed by atoms with Crippen molar-refractivity contribution >= 4 is 0 Å². The van der Waals surface area contributed by atoms with Crippen LogP contribution >= 0.6 is 0 Å². The first-order valence-electron chi connectivity index (χ1n) is 1.74. The fourth-order valence-corrected chi connectivity index (χ4v) is 0. The van der Waals surface area contributed by atoms with E-state index in [1.54, 1.807) is 0 Å². The lowest BCUT2D eigenvalue weighted by Gasteiger charge is -1.69. The van der Waals surface area contributed by atoms with Gasteiger partial charge in [0.25, 0.3) is 6.08 Å². The van der Waals surface area contributed by atoms with Gasteiger partial charge in [0.2, 0.25) is 0 Å². The highest BCUT2D eigenvalue weighted by Crippen LogP contribution is 2.08. The fourth-order valence-electron chi connectivity index (χ4n) is 0. The minimum absolute atomic E-state index is 0. The molecular formula is C4H4F8. The smallest absolute Gasteiger partial charge is 0.269 e. The van der Waals surface area contributed by atoms with Crippen LogP contribution in [0.2, 0.25) is 0 Å². The fraction of sp³-hybridized carbons (Fsp3) is 0. The highest BCUT2D eigenvalue weighted by atomic mass is 19.3. The van der Waals surface area contributed by atoms with E-state index in [1.165, 1.54) is 0 Å². The Morgan fingerprint density at radius 3 is 0.750 bits per heavy atom. The summed E-state index contributed by atoms with van der Waals surface area (Å²) in [4.78, 5) is 0.